The fourth-order valence-corrected chi connectivity index (χ4v) is 1.83. The summed E-state index contributed by atoms with van der Waals surface area (Å²) in [6, 6.07) is 9.23. The van der Waals surface area contributed by atoms with Gasteiger partial charge >= 0.3 is 6.18 Å². The van der Waals surface area contributed by atoms with Crippen molar-refractivity contribution in [2.75, 3.05) is 0 Å². The number of carbonyl (C=O) groups is 1. The number of benzene rings is 2. The fraction of sp³-hybridized carbons (Fsp3) is 0.0714. The molecule has 2 aromatic rings. The summed E-state index contributed by atoms with van der Waals surface area (Å²) in [6.07, 6.45) is -4.77. The highest BCUT2D eigenvalue weighted by atomic mass is 19.4. The zero-order valence-corrected chi connectivity index (χ0v) is 10.4. The lowest BCUT2D eigenvalue weighted by molar-refractivity contribution is -0.384. The minimum Gasteiger partial charge on any atom is -0.289 e. The predicted octanol–water partition coefficient (Wildman–Crippen LogP) is 3.84. The van der Waals surface area contributed by atoms with E-state index in [2.05, 4.69) is 0 Å². The number of hydrogen-bond acceptors (Lipinski definition) is 3. The van der Waals surface area contributed by atoms with Crippen LogP contribution < -0.4 is 0 Å². The first kappa shape index (κ1) is 14.7. The number of halogens is 3. The van der Waals surface area contributed by atoms with Crippen LogP contribution >= 0.6 is 0 Å². The lowest BCUT2D eigenvalue weighted by atomic mass is 9.97. The van der Waals surface area contributed by atoms with E-state index in [9.17, 15) is 28.1 Å². The zero-order valence-electron chi connectivity index (χ0n) is 10.4. The maximum atomic E-state index is 12.9. The summed E-state index contributed by atoms with van der Waals surface area (Å²) in [6.45, 7) is 0. The van der Waals surface area contributed by atoms with E-state index in [1.54, 1.807) is 6.07 Å². The molecule has 0 aliphatic rings. The van der Waals surface area contributed by atoms with Crippen LogP contribution in [-0.2, 0) is 6.18 Å². The molecule has 0 saturated carbocycles. The van der Waals surface area contributed by atoms with Crippen molar-refractivity contribution in [1.82, 2.24) is 0 Å². The smallest absolute Gasteiger partial charge is 0.289 e. The van der Waals surface area contributed by atoms with Gasteiger partial charge in [0.2, 0.25) is 0 Å². The third-order valence-corrected chi connectivity index (χ3v) is 2.80. The minimum atomic E-state index is -4.77. The van der Waals surface area contributed by atoms with Gasteiger partial charge in [0, 0.05) is 23.3 Å². The SMILES string of the molecule is O=C(c1ccccc1)c1cc([N+](=O)[O-])ccc1C(F)(F)F. The summed E-state index contributed by atoms with van der Waals surface area (Å²) in [7, 11) is 0. The molecule has 0 aliphatic heterocycles. The molecule has 0 heterocycles. The number of carbonyl (C=O) groups excluding carboxylic acids is 1. The molecule has 0 aromatic heterocycles. The van der Waals surface area contributed by atoms with Crippen molar-refractivity contribution in [3.05, 3.63) is 75.3 Å². The summed E-state index contributed by atoms with van der Waals surface area (Å²) in [5.41, 5.74) is -2.46. The third kappa shape index (κ3) is 3.07. The van der Waals surface area contributed by atoms with Crippen molar-refractivity contribution in [2.24, 2.45) is 0 Å². The second-order valence-electron chi connectivity index (χ2n) is 4.18. The Hall–Kier alpha value is -2.70. The molecule has 0 radical (unpaired) electrons. The van der Waals surface area contributed by atoms with Crippen LogP contribution in [0.15, 0.2) is 48.5 Å². The van der Waals surface area contributed by atoms with Crippen LogP contribution in [-0.4, -0.2) is 10.7 Å². The molecule has 0 N–H and O–H groups in total. The Morgan fingerprint density at radius 1 is 1.05 bits per heavy atom. The Balaban J connectivity index is 2.61. The molecule has 0 aliphatic carbocycles. The van der Waals surface area contributed by atoms with Gasteiger partial charge in [0.25, 0.3) is 5.69 Å². The van der Waals surface area contributed by atoms with E-state index >= 15 is 0 Å². The number of non-ortho nitro benzene ring substituents is 1. The molecule has 4 nitrogen and oxygen atoms in total. The average Bonchev–Trinajstić information content (AvgIpc) is 2.45. The van der Waals surface area contributed by atoms with E-state index in [4.69, 9.17) is 0 Å². The van der Waals surface area contributed by atoms with Crippen LogP contribution in [0.2, 0.25) is 0 Å². The van der Waals surface area contributed by atoms with Gasteiger partial charge < -0.3 is 0 Å². The normalized spacial score (nSPS) is 11.2. The largest absolute Gasteiger partial charge is 0.417 e. The predicted molar refractivity (Wildman–Crippen MR) is 68.0 cm³/mol. The van der Waals surface area contributed by atoms with Gasteiger partial charge in [-0.05, 0) is 6.07 Å². The molecule has 0 spiro atoms. The maximum Gasteiger partial charge on any atom is 0.417 e. The van der Waals surface area contributed by atoms with Gasteiger partial charge in [-0.1, -0.05) is 30.3 Å². The first-order valence-electron chi connectivity index (χ1n) is 5.76. The third-order valence-electron chi connectivity index (χ3n) is 2.80. The maximum absolute atomic E-state index is 12.9. The van der Waals surface area contributed by atoms with Crippen LogP contribution in [0.25, 0.3) is 0 Å². The van der Waals surface area contributed by atoms with Crippen LogP contribution in [0, 0.1) is 10.1 Å². The first-order valence-corrected chi connectivity index (χ1v) is 5.76. The highest BCUT2D eigenvalue weighted by Gasteiger charge is 2.36. The van der Waals surface area contributed by atoms with E-state index in [1.165, 1.54) is 24.3 Å². The monoisotopic (exact) mass is 295 g/mol. The van der Waals surface area contributed by atoms with Gasteiger partial charge in [-0.2, -0.15) is 13.2 Å². The molecule has 2 aromatic carbocycles. The second kappa shape index (κ2) is 5.35. The van der Waals surface area contributed by atoms with Gasteiger partial charge in [-0.3, -0.25) is 14.9 Å². The van der Waals surface area contributed by atoms with Crippen LogP contribution in [0.4, 0.5) is 18.9 Å². The molecule has 7 heteroatoms. The first-order chi connectivity index (χ1) is 9.80. The van der Waals surface area contributed by atoms with Gasteiger partial charge in [0.05, 0.1) is 10.5 Å². The highest BCUT2D eigenvalue weighted by Crippen LogP contribution is 2.34. The Kier molecular flexibility index (Phi) is 3.75. The summed E-state index contributed by atoms with van der Waals surface area (Å²) in [4.78, 5) is 22.0. The van der Waals surface area contributed by atoms with Gasteiger partial charge in [-0.15, -0.1) is 0 Å². The number of nitro groups is 1. The standard InChI is InChI=1S/C14H8F3NO3/c15-14(16,17)12-7-6-10(18(20)21)8-11(12)13(19)9-4-2-1-3-5-9/h1-8H. The lowest BCUT2D eigenvalue weighted by Crippen LogP contribution is -2.14. The zero-order chi connectivity index (χ0) is 15.6. The Bertz CT molecular complexity index is 696. The lowest BCUT2D eigenvalue weighted by Gasteiger charge is -2.11. The average molecular weight is 295 g/mol. The fourth-order valence-electron chi connectivity index (χ4n) is 1.83. The Morgan fingerprint density at radius 2 is 1.67 bits per heavy atom. The number of alkyl halides is 3. The van der Waals surface area contributed by atoms with E-state index in [1.807, 2.05) is 0 Å². The molecule has 0 amide bonds. The second-order valence-corrected chi connectivity index (χ2v) is 4.18. The van der Waals surface area contributed by atoms with Crippen LogP contribution in [0.5, 0.6) is 0 Å². The minimum absolute atomic E-state index is 0.0310. The molecule has 0 fully saturated rings. The van der Waals surface area contributed by atoms with Crippen molar-refractivity contribution in [2.45, 2.75) is 6.18 Å². The van der Waals surface area contributed by atoms with Gasteiger partial charge in [0.1, 0.15) is 0 Å². The van der Waals surface area contributed by atoms with Crippen molar-refractivity contribution >= 4 is 11.5 Å². The van der Waals surface area contributed by atoms with Crippen LogP contribution in [0.3, 0.4) is 0 Å². The molecular weight excluding hydrogens is 287 g/mol. The highest BCUT2D eigenvalue weighted by molar-refractivity contribution is 6.10. The van der Waals surface area contributed by atoms with Gasteiger partial charge in [-0.25, -0.2) is 0 Å². The molecule has 2 rings (SSSR count). The van der Waals surface area contributed by atoms with Crippen molar-refractivity contribution in [3.8, 4) is 0 Å². The number of hydrogen-bond donors (Lipinski definition) is 0. The Morgan fingerprint density at radius 3 is 2.19 bits per heavy atom. The number of rotatable bonds is 3. The van der Waals surface area contributed by atoms with Crippen molar-refractivity contribution in [3.63, 3.8) is 0 Å². The molecule has 0 atom stereocenters. The quantitative estimate of drug-likeness (QED) is 0.491. The van der Waals surface area contributed by atoms with Crippen molar-refractivity contribution in [1.29, 1.82) is 0 Å². The van der Waals surface area contributed by atoms with E-state index < -0.39 is 33.7 Å². The molecular formula is C14H8F3NO3. The van der Waals surface area contributed by atoms with Crippen LogP contribution in [0.1, 0.15) is 21.5 Å². The number of ketones is 1. The molecule has 0 bridgehead atoms. The molecule has 21 heavy (non-hydrogen) atoms. The summed E-state index contributed by atoms with van der Waals surface area (Å²) < 4.78 is 38.8. The number of nitro benzene ring substituents is 1. The topological polar surface area (TPSA) is 60.2 Å². The Labute approximate surface area is 117 Å². The molecule has 0 unspecified atom stereocenters. The summed E-state index contributed by atoms with van der Waals surface area (Å²) >= 11 is 0. The van der Waals surface area contributed by atoms with E-state index in [0.717, 1.165) is 6.07 Å². The molecule has 0 saturated heterocycles. The van der Waals surface area contributed by atoms with Gasteiger partial charge in [0.15, 0.2) is 5.78 Å². The summed E-state index contributed by atoms with van der Waals surface area (Å²) in [5, 5.41) is 10.7. The van der Waals surface area contributed by atoms with E-state index in [-0.39, 0.29) is 5.56 Å². The molecule has 108 valence electrons. The van der Waals surface area contributed by atoms with E-state index in [0.29, 0.717) is 12.1 Å². The summed E-state index contributed by atoms with van der Waals surface area (Å²) in [5.74, 6) is -0.911. The number of nitrogens with zero attached hydrogens (tertiary/aromatic N) is 1. The van der Waals surface area contributed by atoms with Crippen molar-refractivity contribution < 1.29 is 22.9 Å².